The van der Waals surface area contributed by atoms with Gasteiger partial charge in [0, 0.05) is 19.7 Å². The Bertz CT molecular complexity index is 643. The Morgan fingerprint density at radius 2 is 2.08 bits per heavy atom. The Labute approximate surface area is 142 Å². The van der Waals surface area contributed by atoms with Crippen molar-refractivity contribution in [1.29, 1.82) is 0 Å². The van der Waals surface area contributed by atoms with Crippen molar-refractivity contribution in [2.75, 3.05) is 32.5 Å². The minimum absolute atomic E-state index is 0.0137. The summed E-state index contributed by atoms with van der Waals surface area (Å²) < 4.78 is 43.2. The number of carbonyl (C=O) groups is 1. The predicted octanol–water partition coefficient (Wildman–Crippen LogP) is 0.925. The van der Waals surface area contributed by atoms with Gasteiger partial charge in [-0.2, -0.15) is 4.31 Å². The minimum atomic E-state index is -3.51. The highest BCUT2D eigenvalue weighted by Crippen LogP contribution is 2.10. The summed E-state index contributed by atoms with van der Waals surface area (Å²) in [6.07, 6.45) is 3.38. The van der Waals surface area contributed by atoms with Gasteiger partial charge in [0.15, 0.2) is 0 Å². The summed E-state index contributed by atoms with van der Waals surface area (Å²) >= 11 is 0. The van der Waals surface area contributed by atoms with E-state index < -0.39 is 10.0 Å². The monoisotopic (exact) mass is 358 g/mol. The van der Waals surface area contributed by atoms with E-state index in [1.807, 2.05) is 0 Å². The Balaban J connectivity index is 1.85. The minimum Gasteiger partial charge on any atom is -0.376 e. The Morgan fingerprint density at radius 1 is 1.38 bits per heavy atom. The van der Waals surface area contributed by atoms with E-state index >= 15 is 0 Å². The van der Waals surface area contributed by atoms with E-state index in [0.29, 0.717) is 19.6 Å². The molecule has 6 nitrogen and oxygen atoms in total. The topological polar surface area (TPSA) is 75.7 Å². The second kappa shape index (κ2) is 8.55. The largest absolute Gasteiger partial charge is 0.376 e. The molecule has 0 aliphatic carbocycles. The van der Waals surface area contributed by atoms with Gasteiger partial charge in [0.1, 0.15) is 5.82 Å². The lowest BCUT2D eigenvalue weighted by Crippen LogP contribution is -2.43. The number of benzene rings is 1. The molecule has 134 valence electrons. The first-order valence-corrected chi connectivity index (χ1v) is 9.77. The summed E-state index contributed by atoms with van der Waals surface area (Å²) in [7, 11) is -3.51. The van der Waals surface area contributed by atoms with Crippen LogP contribution >= 0.6 is 0 Å². The molecule has 1 aromatic rings. The fraction of sp³-hybridized carbons (Fsp3) is 0.562. The van der Waals surface area contributed by atoms with Crippen LogP contribution in [0.5, 0.6) is 0 Å². The Kier molecular flexibility index (Phi) is 6.70. The maximum Gasteiger partial charge on any atom is 0.235 e. The molecule has 0 spiro atoms. The van der Waals surface area contributed by atoms with Gasteiger partial charge in [-0.25, -0.2) is 12.8 Å². The summed E-state index contributed by atoms with van der Waals surface area (Å²) in [6.45, 7) is 1.03. The maximum atomic E-state index is 12.9. The van der Waals surface area contributed by atoms with E-state index in [4.69, 9.17) is 4.74 Å². The number of ether oxygens (including phenoxy) is 1. The molecular formula is C16H23FN2O4S. The van der Waals surface area contributed by atoms with E-state index in [2.05, 4.69) is 5.32 Å². The molecule has 1 heterocycles. The SMILES string of the molecule is CS(=O)(=O)N(CCc1ccc(F)cc1)CC(=O)NCC1CCCO1. The van der Waals surface area contributed by atoms with Crippen molar-refractivity contribution < 1.29 is 22.3 Å². The molecular weight excluding hydrogens is 335 g/mol. The molecule has 8 heteroatoms. The molecule has 1 unspecified atom stereocenters. The average molecular weight is 358 g/mol. The zero-order valence-electron chi connectivity index (χ0n) is 13.7. The van der Waals surface area contributed by atoms with Crippen LogP contribution in [0.4, 0.5) is 4.39 Å². The number of amides is 1. The van der Waals surface area contributed by atoms with E-state index in [-0.39, 0.29) is 30.9 Å². The van der Waals surface area contributed by atoms with Crippen molar-refractivity contribution in [1.82, 2.24) is 9.62 Å². The van der Waals surface area contributed by atoms with Gasteiger partial charge in [0.25, 0.3) is 0 Å². The molecule has 1 fully saturated rings. The number of rotatable bonds is 8. The first-order valence-electron chi connectivity index (χ1n) is 7.92. The van der Waals surface area contributed by atoms with Gasteiger partial charge in [-0.05, 0) is 37.0 Å². The number of sulfonamides is 1. The highest BCUT2D eigenvalue weighted by atomic mass is 32.2. The lowest BCUT2D eigenvalue weighted by atomic mass is 10.1. The van der Waals surface area contributed by atoms with Gasteiger partial charge in [0.05, 0.1) is 18.9 Å². The van der Waals surface area contributed by atoms with Crippen LogP contribution in [0.15, 0.2) is 24.3 Å². The molecule has 1 saturated heterocycles. The number of nitrogens with one attached hydrogen (secondary N) is 1. The lowest BCUT2D eigenvalue weighted by Gasteiger charge is -2.20. The van der Waals surface area contributed by atoms with Gasteiger partial charge in [-0.3, -0.25) is 4.79 Å². The summed E-state index contributed by atoms with van der Waals surface area (Å²) in [6, 6.07) is 5.86. The number of nitrogens with zero attached hydrogens (tertiary/aromatic N) is 1. The third kappa shape index (κ3) is 6.18. The maximum absolute atomic E-state index is 12.9. The van der Waals surface area contributed by atoms with Crippen LogP contribution < -0.4 is 5.32 Å². The molecule has 1 aliphatic rings. The average Bonchev–Trinajstić information content (AvgIpc) is 3.03. The zero-order valence-corrected chi connectivity index (χ0v) is 14.5. The van der Waals surface area contributed by atoms with Crippen LogP contribution in [0.25, 0.3) is 0 Å². The van der Waals surface area contributed by atoms with Crippen LogP contribution in [-0.2, 0) is 26.0 Å². The smallest absolute Gasteiger partial charge is 0.235 e. The number of hydrogen-bond acceptors (Lipinski definition) is 4. The number of carbonyl (C=O) groups excluding carboxylic acids is 1. The second-order valence-electron chi connectivity index (χ2n) is 5.91. The number of halogens is 1. The lowest BCUT2D eigenvalue weighted by molar-refractivity contribution is -0.121. The van der Waals surface area contributed by atoms with Crippen molar-refractivity contribution in [3.8, 4) is 0 Å². The summed E-state index contributed by atoms with van der Waals surface area (Å²) in [5.41, 5.74) is 0.810. The van der Waals surface area contributed by atoms with E-state index in [1.54, 1.807) is 12.1 Å². The predicted molar refractivity (Wildman–Crippen MR) is 88.5 cm³/mol. The molecule has 0 aromatic heterocycles. The molecule has 1 atom stereocenters. The molecule has 0 saturated carbocycles. The highest BCUT2D eigenvalue weighted by Gasteiger charge is 2.21. The van der Waals surface area contributed by atoms with Crippen molar-refractivity contribution in [2.45, 2.75) is 25.4 Å². The summed E-state index contributed by atoms with van der Waals surface area (Å²) in [4.78, 5) is 12.0. The van der Waals surface area contributed by atoms with Crippen LogP contribution in [-0.4, -0.2) is 57.2 Å². The fourth-order valence-corrected chi connectivity index (χ4v) is 3.29. The molecule has 1 aliphatic heterocycles. The first kappa shape index (κ1) is 18.8. The van der Waals surface area contributed by atoms with Crippen molar-refractivity contribution >= 4 is 15.9 Å². The molecule has 1 aromatic carbocycles. The number of hydrogen-bond donors (Lipinski definition) is 1. The van der Waals surface area contributed by atoms with E-state index in [0.717, 1.165) is 29.0 Å². The standard InChI is InChI=1S/C16H23FN2O4S/c1-24(21,22)19(9-8-13-4-6-14(17)7-5-13)12-16(20)18-11-15-3-2-10-23-15/h4-7,15H,2-3,8-12H2,1H3,(H,18,20). The molecule has 1 N–H and O–H groups in total. The first-order chi connectivity index (χ1) is 11.3. The molecule has 24 heavy (non-hydrogen) atoms. The molecule has 1 amide bonds. The molecule has 2 rings (SSSR count). The van der Waals surface area contributed by atoms with Gasteiger partial charge in [-0.15, -0.1) is 0 Å². The van der Waals surface area contributed by atoms with E-state index in [1.165, 1.54) is 12.1 Å². The van der Waals surface area contributed by atoms with E-state index in [9.17, 15) is 17.6 Å². The molecule has 0 radical (unpaired) electrons. The normalized spacial score (nSPS) is 18.0. The third-order valence-electron chi connectivity index (χ3n) is 3.90. The Hall–Kier alpha value is -1.51. The highest BCUT2D eigenvalue weighted by molar-refractivity contribution is 7.88. The Morgan fingerprint density at radius 3 is 2.67 bits per heavy atom. The quantitative estimate of drug-likeness (QED) is 0.750. The summed E-state index contributed by atoms with van der Waals surface area (Å²) in [5.74, 6) is -0.692. The zero-order chi connectivity index (χ0) is 17.6. The van der Waals surface area contributed by atoms with Gasteiger partial charge in [-0.1, -0.05) is 12.1 Å². The van der Waals surface area contributed by atoms with Gasteiger partial charge < -0.3 is 10.1 Å². The van der Waals surface area contributed by atoms with Crippen LogP contribution in [0.3, 0.4) is 0 Å². The fourth-order valence-electron chi connectivity index (χ4n) is 2.52. The second-order valence-corrected chi connectivity index (χ2v) is 7.89. The van der Waals surface area contributed by atoms with Crippen LogP contribution in [0, 0.1) is 5.82 Å². The third-order valence-corrected chi connectivity index (χ3v) is 5.15. The van der Waals surface area contributed by atoms with Gasteiger partial charge >= 0.3 is 0 Å². The van der Waals surface area contributed by atoms with Crippen molar-refractivity contribution in [3.05, 3.63) is 35.6 Å². The summed E-state index contributed by atoms with van der Waals surface area (Å²) in [5, 5.41) is 2.71. The molecule has 0 bridgehead atoms. The van der Waals surface area contributed by atoms with Crippen LogP contribution in [0.2, 0.25) is 0 Å². The van der Waals surface area contributed by atoms with Gasteiger partial charge in [0.2, 0.25) is 15.9 Å². The van der Waals surface area contributed by atoms with Crippen LogP contribution in [0.1, 0.15) is 18.4 Å². The van der Waals surface area contributed by atoms with Crippen molar-refractivity contribution in [3.63, 3.8) is 0 Å². The van der Waals surface area contributed by atoms with Crippen molar-refractivity contribution in [2.24, 2.45) is 0 Å².